The highest BCUT2D eigenvalue weighted by atomic mass is 31.1. The molecule has 16 heavy (non-hydrogen) atoms. The molecule has 2 unspecified atom stereocenters. The second-order valence-electron chi connectivity index (χ2n) is 3.30. The van der Waals surface area contributed by atoms with Gasteiger partial charge < -0.3 is 19.3 Å². The van der Waals surface area contributed by atoms with Crippen LogP contribution >= 0.6 is 8.25 Å². The highest BCUT2D eigenvalue weighted by Gasteiger charge is 2.15. The molecular weight excluding hydrogens is 239 g/mol. The molecule has 7 nitrogen and oxygen atoms in total. The van der Waals surface area contributed by atoms with E-state index in [9.17, 15) is 14.2 Å². The molecule has 8 heteroatoms. The number of rotatable bonds is 8. The van der Waals surface area contributed by atoms with E-state index in [1.807, 2.05) is 0 Å². The van der Waals surface area contributed by atoms with Gasteiger partial charge in [0.15, 0.2) is 0 Å². The minimum atomic E-state index is -2.85. The number of hydrogen-bond donors (Lipinski definition) is 2. The fourth-order valence-corrected chi connectivity index (χ4v) is 1.81. The third kappa shape index (κ3) is 8.40. The van der Waals surface area contributed by atoms with Crippen LogP contribution in [0.3, 0.4) is 0 Å². The van der Waals surface area contributed by atoms with Crippen LogP contribution in [0.25, 0.3) is 0 Å². The van der Waals surface area contributed by atoms with E-state index in [4.69, 9.17) is 19.3 Å². The lowest BCUT2D eigenvalue weighted by Gasteiger charge is -2.13. The first kappa shape index (κ1) is 15.1. The zero-order valence-electron chi connectivity index (χ0n) is 9.00. The summed E-state index contributed by atoms with van der Waals surface area (Å²) in [5.74, 6) is -2.14. The van der Waals surface area contributed by atoms with Crippen molar-refractivity contribution < 1.29 is 33.4 Å². The van der Waals surface area contributed by atoms with Crippen LogP contribution in [0.5, 0.6) is 0 Å². The van der Waals surface area contributed by atoms with Crippen molar-refractivity contribution in [3.05, 3.63) is 0 Å². The summed E-state index contributed by atoms with van der Waals surface area (Å²) >= 11 is 0. The van der Waals surface area contributed by atoms with Crippen molar-refractivity contribution in [2.24, 2.45) is 0 Å². The molecule has 0 amide bonds. The Kier molecular flexibility index (Phi) is 6.96. The first-order valence-electron chi connectivity index (χ1n) is 4.62. The normalized spacial score (nSPS) is 16.4. The van der Waals surface area contributed by atoms with E-state index in [2.05, 4.69) is 0 Å². The van der Waals surface area contributed by atoms with Crippen LogP contribution in [-0.4, -0.2) is 34.4 Å². The third-order valence-electron chi connectivity index (χ3n) is 1.52. The van der Waals surface area contributed by atoms with Crippen molar-refractivity contribution in [1.29, 1.82) is 0 Å². The molecule has 0 aromatic heterocycles. The number of aliphatic carboxylic acids is 2. The predicted octanol–water partition coefficient (Wildman–Crippen LogP) is 1.14. The van der Waals surface area contributed by atoms with Crippen LogP contribution in [0, 0.1) is 0 Å². The Labute approximate surface area is 93.3 Å². The maximum Gasteiger partial charge on any atom is 0.319 e. The molecule has 0 heterocycles. The lowest BCUT2D eigenvalue weighted by molar-refractivity contribution is -0.139. The highest BCUT2D eigenvalue weighted by molar-refractivity contribution is 7.33. The molecule has 0 spiro atoms. The summed E-state index contributed by atoms with van der Waals surface area (Å²) in [6.07, 6.45) is -2.04. The highest BCUT2D eigenvalue weighted by Crippen LogP contribution is 2.29. The topological polar surface area (TPSA) is 110 Å². The van der Waals surface area contributed by atoms with E-state index in [-0.39, 0.29) is 12.8 Å². The smallest absolute Gasteiger partial charge is 0.319 e. The van der Waals surface area contributed by atoms with Gasteiger partial charge in [0.25, 0.3) is 0 Å². The second kappa shape index (κ2) is 7.38. The van der Waals surface area contributed by atoms with Crippen molar-refractivity contribution in [1.82, 2.24) is 0 Å². The summed E-state index contributed by atoms with van der Waals surface area (Å²) in [6, 6.07) is 0. The number of carbonyl (C=O) groups is 2. The van der Waals surface area contributed by atoms with Gasteiger partial charge in [-0.1, -0.05) is 0 Å². The summed E-state index contributed by atoms with van der Waals surface area (Å²) < 4.78 is 20.7. The Morgan fingerprint density at radius 3 is 1.62 bits per heavy atom. The molecule has 0 bridgehead atoms. The summed E-state index contributed by atoms with van der Waals surface area (Å²) in [6.45, 7) is 2.89. The van der Waals surface area contributed by atoms with Gasteiger partial charge in [-0.25, -0.2) is 0 Å². The summed E-state index contributed by atoms with van der Waals surface area (Å²) in [5, 5.41) is 16.8. The predicted molar refractivity (Wildman–Crippen MR) is 54.6 cm³/mol. The number of hydrogen-bond acceptors (Lipinski definition) is 5. The SMILES string of the molecule is CC(CC(=O)O)O[PH](=O)OC(C)CC(=O)O. The molecule has 0 saturated carbocycles. The first-order chi connectivity index (χ1) is 7.31. The number of carboxylic acids is 2. The molecule has 0 aliphatic carbocycles. The Morgan fingerprint density at radius 2 is 1.38 bits per heavy atom. The zero-order chi connectivity index (χ0) is 12.7. The van der Waals surface area contributed by atoms with Crippen LogP contribution in [0.1, 0.15) is 26.7 Å². The van der Waals surface area contributed by atoms with Gasteiger partial charge in [-0.05, 0) is 13.8 Å². The molecule has 0 aliphatic rings. The molecule has 0 saturated heterocycles. The maximum absolute atomic E-state index is 11.2. The average Bonchev–Trinajstić information content (AvgIpc) is 1.97. The Bertz CT molecular complexity index is 252. The van der Waals surface area contributed by atoms with Gasteiger partial charge >= 0.3 is 20.2 Å². The van der Waals surface area contributed by atoms with Crippen LogP contribution in [0.4, 0.5) is 0 Å². The van der Waals surface area contributed by atoms with E-state index >= 15 is 0 Å². The quantitative estimate of drug-likeness (QED) is 0.624. The monoisotopic (exact) mass is 254 g/mol. The largest absolute Gasteiger partial charge is 0.481 e. The molecule has 94 valence electrons. The van der Waals surface area contributed by atoms with Gasteiger partial charge in [0, 0.05) is 0 Å². The van der Waals surface area contributed by atoms with Gasteiger partial charge in [-0.15, -0.1) is 0 Å². The van der Waals surface area contributed by atoms with E-state index in [0.29, 0.717) is 0 Å². The first-order valence-corrected chi connectivity index (χ1v) is 5.84. The minimum Gasteiger partial charge on any atom is -0.481 e. The lowest BCUT2D eigenvalue weighted by atomic mass is 10.3. The van der Waals surface area contributed by atoms with Crippen LogP contribution in [-0.2, 0) is 23.2 Å². The van der Waals surface area contributed by atoms with Gasteiger partial charge in [-0.2, -0.15) is 0 Å². The molecule has 0 fully saturated rings. The number of carboxylic acid groups (broad SMARTS) is 2. The van der Waals surface area contributed by atoms with Crippen molar-refractivity contribution in [3.8, 4) is 0 Å². The molecule has 0 radical (unpaired) electrons. The summed E-state index contributed by atoms with van der Waals surface area (Å²) in [4.78, 5) is 20.5. The van der Waals surface area contributed by atoms with E-state index < -0.39 is 32.4 Å². The van der Waals surface area contributed by atoms with Gasteiger partial charge in [-0.3, -0.25) is 14.2 Å². The molecule has 0 aliphatic heterocycles. The molecule has 0 rings (SSSR count). The zero-order valence-corrected chi connectivity index (χ0v) is 10.0. The van der Waals surface area contributed by atoms with Crippen LogP contribution in [0.15, 0.2) is 0 Å². The van der Waals surface area contributed by atoms with Crippen molar-refractivity contribution >= 4 is 20.2 Å². The van der Waals surface area contributed by atoms with Crippen LogP contribution < -0.4 is 0 Å². The van der Waals surface area contributed by atoms with Crippen LogP contribution in [0.2, 0.25) is 0 Å². The van der Waals surface area contributed by atoms with Crippen molar-refractivity contribution in [2.45, 2.75) is 38.9 Å². The fourth-order valence-electron chi connectivity index (χ4n) is 0.931. The standard InChI is InChI=1S/C8H15O7P/c1-5(3-7(9)10)14-16(13)15-6(2)4-8(11)12/h5-6,16H,3-4H2,1-2H3,(H,9,10)(H,11,12). The van der Waals surface area contributed by atoms with Gasteiger partial charge in [0.1, 0.15) is 0 Å². The maximum atomic E-state index is 11.2. The molecular formula is C8H15O7P. The lowest BCUT2D eigenvalue weighted by Crippen LogP contribution is -2.13. The van der Waals surface area contributed by atoms with Crippen molar-refractivity contribution in [3.63, 3.8) is 0 Å². The summed E-state index contributed by atoms with van der Waals surface area (Å²) in [5.41, 5.74) is 0. The van der Waals surface area contributed by atoms with Gasteiger partial charge in [0.05, 0.1) is 25.0 Å². The molecule has 0 aromatic carbocycles. The Balaban J connectivity index is 3.89. The molecule has 2 atom stereocenters. The Morgan fingerprint density at radius 1 is 1.06 bits per heavy atom. The molecule has 2 N–H and O–H groups in total. The second-order valence-corrected chi connectivity index (χ2v) is 4.27. The minimum absolute atomic E-state index is 0.285. The van der Waals surface area contributed by atoms with E-state index in [1.165, 1.54) is 13.8 Å². The molecule has 0 aromatic rings. The Hall–Kier alpha value is -0.910. The van der Waals surface area contributed by atoms with E-state index in [0.717, 1.165) is 0 Å². The fraction of sp³-hybridized carbons (Fsp3) is 0.750. The van der Waals surface area contributed by atoms with E-state index in [1.54, 1.807) is 0 Å². The summed E-state index contributed by atoms with van der Waals surface area (Å²) in [7, 11) is -2.85. The van der Waals surface area contributed by atoms with Gasteiger partial charge in [0.2, 0.25) is 0 Å². The average molecular weight is 254 g/mol. The van der Waals surface area contributed by atoms with Crippen molar-refractivity contribution in [2.75, 3.05) is 0 Å². The third-order valence-corrected chi connectivity index (χ3v) is 2.71.